The van der Waals surface area contributed by atoms with Gasteiger partial charge in [-0.3, -0.25) is 0 Å². The number of nitrogens with one attached hydrogen (secondary N) is 1. The van der Waals surface area contributed by atoms with E-state index in [1.165, 1.54) is 0 Å². The second-order valence-corrected chi connectivity index (χ2v) is 4.86. The molecule has 0 bridgehead atoms. The summed E-state index contributed by atoms with van der Waals surface area (Å²) < 4.78 is 1.99. The Morgan fingerprint density at radius 2 is 2.05 bits per heavy atom. The van der Waals surface area contributed by atoms with E-state index in [0.29, 0.717) is 6.54 Å². The van der Waals surface area contributed by atoms with E-state index in [2.05, 4.69) is 22.2 Å². The maximum atomic E-state index is 6.04. The highest BCUT2D eigenvalue weighted by Gasteiger charge is 2.08. The van der Waals surface area contributed by atoms with Gasteiger partial charge in [-0.05, 0) is 24.6 Å². The van der Waals surface area contributed by atoms with Crippen LogP contribution in [0.1, 0.15) is 11.4 Å². The molecule has 0 unspecified atom stereocenters. The Balaban J connectivity index is 2.00. The van der Waals surface area contributed by atoms with E-state index < -0.39 is 0 Å². The minimum absolute atomic E-state index is 0.629. The van der Waals surface area contributed by atoms with Crippen LogP contribution in [0.15, 0.2) is 36.8 Å². The lowest BCUT2D eigenvalue weighted by molar-refractivity contribution is 0.811. The lowest BCUT2D eigenvalue weighted by Gasteiger charge is -2.12. The van der Waals surface area contributed by atoms with Crippen LogP contribution >= 0.6 is 0 Å². The minimum atomic E-state index is 0.629. The molecule has 5 heteroatoms. The average molecular weight is 267 g/mol. The molecule has 20 heavy (non-hydrogen) atoms. The van der Waals surface area contributed by atoms with E-state index in [4.69, 9.17) is 5.73 Å². The molecule has 0 aliphatic rings. The summed E-state index contributed by atoms with van der Waals surface area (Å²) in [7, 11) is 1.98. The maximum Gasteiger partial charge on any atom is 0.134 e. The summed E-state index contributed by atoms with van der Waals surface area (Å²) in [6.07, 6.45) is 5.49. The third-order valence-electron chi connectivity index (χ3n) is 3.50. The first-order valence-electron chi connectivity index (χ1n) is 6.50. The second kappa shape index (κ2) is 4.85. The van der Waals surface area contributed by atoms with Crippen molar-refractivity contribution in [2.75, 3.05) is 11.1 Å². The number of pyridine rings is 1. The lowest BCUT2D eigenvalue weighted by Crippen LogP contribution is -2.07. The van der Waals surface area contributed by atoms with Crippen LogP contribution < -0.4 is 11.1 Å². The number of hydrogen-bond donors (Lipinski definition) is 2. The molecule has 5 nitrogen and oxygen atoms in total. The van der Waals surface area contributed by atoms with Crippen LogP contribution in [0.3, 0.4) is 0 Å². The van der Waals surface area contributed by atoms with Gasteiger partial charge in [0.1, 0.15) is 11.6 Å². The van der Waals surface area contributed by atoms with Crippen molar-refractivity contribution in [1.29, 1.82) is 0 Å². The van der Waals surface area contributed by atoms with E-state index >= 15 is 0 Å². The molecule has 0 fully saturated rings. The highest BCUT2D eigenvalue weighted by atomic mass is 15.1. The van der Waals surface area contributed by atoms with Gasteiger partial charge in [-0.15, -0.1) is 0 Å². The summed E-state index contributed by atoms with van der Waals surface area (Å²) >= 11 is 0. The summed E-state index contributed by atoms with van der Waals surface area (Å²) in [4.78, 5) is 8.73. The molecule has 0 saturated carbocycles. The number of hydrogen-bond acceptors (Lipinski definition) is 4. The summed E-state index contributed by atoms with van der Waals surface area (Å²) in [6.45, 7) is 2.69. The van der Waals surface area contributed by atoms with Crippen molar-refractivity contribution in [3.8, 4) is 0 Å². The predicted molar refractivity (Wildman–Crippen MR) is 81.4 cm³/mol. The number of fused-ring (bicyclic) bond motifs is 1. The van der Waals surface area contributed by atoms with Gasteiger partial charge in [0.15, 0.2) is 0 Å². The van der Waals surface area contributed by atoms with Crippen molar-refractivity contribution in [1.82, 2.24) is 14.5 Å². The number of nitrogen functional groups attached to an aromatic ring is 1. The van der Waals surface area contributed by atoms with E-state index in [1.807, 2.05) is 36.0 Å². The zero-order chi connectivity index (χ0) is 14.1. The normalized spacial score (nSPS) is 10.9. The summed E-state index contributed by atoms with van der Waals surface area (Å²) in [6, 6.07) is 5.90. The molecule has 0 spiro atoms. The zero-order valence-electron chi connectivity index (χ0n) is 11.6. The fourth-order valence-corrected chi connectivity index (χ4v) is 2.35. The molecule has 0 aliphatic carbocycles. The molecule has 0 amide bonds. The third-order valence-corrected chi connectivity index (χ3v) is 3.50. The molecule has 0 atom stereocenters. The maximum absolute atomic E-state index is 6.04. The van der Waals surface area contributed by atoms with Gasteiger partial charge < -0.3 is 15.6 Å². The third kappa shape index (κ3) is 2.07. The number of imidazole rings is 1. The molecule has 3 N–H and O–H groups in total. The van der Waals surface area contributed by atoms with Crippen molar-refractivity contribution in [3.05, 3.63) is 48.2 Å². The number of aromatic nitrogens is 3. The molecular formula is C15H17N5. The molecule has 3 aromatic rings. The molecule has 102 valence electrons. The van der Waals surface area contributed by atoms with E-state index in [1.54, 1.807) is 12.4 Å². The first kappa shape index (κ1) is 12.5. The Bertz CT molecular complexity index is 760. The van der Waals surface area contributed by atoms with Crippen LogP contribution in [0.5, 0.6) is 0 Å². The van der Waals surface area contributed by atoms with Gasteiger partial charge >= 0.3 is 0 Å². The van der Waals surface area contributed by atoms with Gasteiger partial charge in [0.2, 0.25) is 0 Å². The zero-order valence-corrected chi connectivity index (χ0v) is 11.6. The fraction of sp³-hybridized carbons (Fsp3) is 0.200. The summed E-state index contributed by atoms with van der Waals surface area (Å²) in [5.74, 6) is 1.81. The number of rotatable bonds is 3. The monoisotopic (exact) mass is 267 g/mol. The number of benzene rings is 1. The van der Waals surface area contributed by atoms with Gasteiger partial charge in [-0.1, -0.05) is 6.07 Å². The van der Waals surface area contributed by atoms with Crippen molar-refractivity contribution >= 4 is 22.3 Å². The number of anilines is 2. The van der Waals surface area contributed by atoms with Crippen LogP contribution in [0, 0.1) is 6.92 Å². The van der Waals surface area contributed by atoms with E-state index in [-0.39, 0.29) is 0 Å². The van der Waals surface area contributed by atoms with Crippen LogP contribution in [-0.4, -0.2) is 14.5 Å². The second-order valence-electron chi connectivity index (χ2n) is 4.86. The first-order valence-corrected chi connectivity index (χ1v) is 6.50. The largest absolute Gasteiger partial charge is 0.398 e. The van der Waals surface area contributed by atoms with Gasteiger partial charge in [0, 0.05) is 42.1 Å². The molecule has 0 radical (unpaired) electrons. The number of nitrogens with two attached hydrogens (primary N) is 1. The summed E-state index contributed by atoms with van der Waals surface area (Å²) in [5.41, 5.74) is 7.97. The Labute approximate surface area is 117 Å². The lowest BCUT2D eigenvalue weighted by atomic mass is 10.1. The number of nitrogens with zero attached hydrogens (tertiary/aromatic N) is 3. The first-order chi connectivity index (χ1) is 9.66. The molecular weight excluding hydrogens is 250 g/mol. The Kier molecular flexibility index (Phi) is 3.02. The van der Waals surface area contributed by atoms with Crippen LogP contribution in [-0.2, 0) is 13.6 Å². The standard InChI is InChI=1S/C15H17N5/c1-10-3-4-12(16)11-5-6-18-15(14(10)11)19-9-13-17-7-8-20(13)2/h3-8H,9,16H2,1-2H3,(H,18,19). The molecule has 3 rings (SSSR count). The number of aryl methyl sites for hydroxylation is 2. The Morgan fingerprint density at radius 3 is 2.80 bits per heavy atom. The molecule has 2 aromatic heterocycles. The van der Waals surface area contributed by atoms with Gasteiger partial charge in [0.05, 0.1) is 6.54 Å². The SMILES string of the molecule is Cc1ccc(N)c2ccnc(NCc3nccn3C)c12. The van der Waals surface area contributed by atoms with Crippen LogP contribution in [0.2, 0.25) is 0 Å². The molecule has 2 heterocycles. The molecule has 1 aromatic carbocycles. The topological polar surface area (TPSA) is 68.8 Å². The highest BCUT2D eigenvalue weighted by molar-refractivity contribution is 6.01. The predicted octanol–water partition coefficient (Wildman–Crippen LogP) is 2.47. The van der Waals surface area contributed by atoms with Crippen molar-refractivity contribution in [3.63, 3.8) is 0 Å². The van der Waals surface area contributed by atoms with E-state index in [9.17, 15) is 0 Å². The fourth-order valence-electron chi connectivity index (χ4n) is 2.35. The Hall–Kier alpha value is -2.56. The van der Waals surface area contributed by atoms with Gasteiger partial charge in [-0.2, -0.15) is 0 Å². The van der Waals surface area contributed by atoms with Crippen LogP contribution in [0.4, 0.5) is 11.5 Å². The van der Waals surface area contributed by atoms with E-state index in [0.717, 1.165) is 33.7 Å². The highest BCUT2D eigenvalue weighted by Crippen LogP contribution is 2.29. The van der Waals surface area contributed by atoms with Crippen LogP contribution in [0.25, 0.3) is 10.8 Å². The molecule has 0 saturated heterocycles. The van der Waals surface area contributed by atoms with Gasteiger partial charge in [-0.25, -0.2) is 9.97 Å². The Morgan fingerprint density at radius 1 is 1.20 bits per heavy atom. The summed E-state index contributed by atoms with van der Waals surface area (Å²) in [5, 5.41) is 5.45. The molecule has 0 aliphatic heterocycles. The minimum Gasteiger partial charge on any atom is -0.398 e. The van der Waals surface area contributed by atoms with Crippen molar-refractivity contribution in [2.24, 2.45) is 7.05 Å². The van der Waals surface area contributed by atoms with Crippen molar-refractivity contribution < 1.29 is 0 Å². The average Bonchev–Trinajstić information content (AvgIpc) is 2.86. The van der Waals surface area contributed by atoms with Gasteiger partial charge in [0.25, 0.3) is 0 Å². The van der Waals surface area contributed by atoms with Crippen molar-refractivity contribution in [2.45, 2.75) is 13.5 Å². The smallest absolute Gasteiger partial charge is 0.134 e. The quantitative estimate of drug-likeness (QED) is 0.715.